The van der Waals surface area contributed by atoms with Crippen LogP contribution in [0.4, 0.5) is 0 Å². The zero-order chi connectivity index (χ0) is 13.0. The van der Waals surface area contributed by atoms with Crippen LogP contribution in [0, 0.1) is 25.2 Å². The summed E-state index contributed by atoms with van der Waals surface area (Å²) in [4.78, 5) is 2.42. The minimum atomic E-state index is 0.247. The molecule has 1 N–H and O–H groups in total. The second-order valence-corrected chi connectivity index (χ2v) is 5.01. The van der Waals surface area contributed by atoms with Crippen molar-refractivity contribution in [1.82, 2.24) is 10.2 Å². The second-order valence-electron chi connectivity index (χ2n) is 5.01. The van der Waals surface area contributed by atoms with Gasteiger partial charge in [0.05, 0.1) is 12.5 Å². The van der Waals surface area contributed by atoms with Crippen LogP contribution in [0.2, 0.25) is 0 Å². The summed E-state index contributed by atoms with van der Waals surface area (Å²) in [5.74, 6) is 0. The van der Waals surface area contributed by atoms with Crippen LogP contribution in [0.1, 0.15) is 29.2 Å². The van der Waals surface area contributed by atoms with Gasteiger partial charge in [-0.2, -0.15) is 5.26 Å². The molecule has 96 valence electrons. The van der Waals surface area contributed by atoms with Crippen LogP contribution in [0.3, 0.4) is 0 Å². The van der Waals surface area contributed by atoms with E-state index >= 15 is 0 Å². The summed E-state index contributed by atoms with van der Waals surface area (Å²) in [5, 5.41) is 12.4. The molecule has 3 heteroatoms. The fourth-order valence-electron chi connectivity index (χ4n) is 2.51. The standard InChI is InChI=1S/C15H21N3/c1-12-3-4-14(11-13(12)2)15(5-6-16)18-9-7-17-8-10-18/h3-4,11,15,17H,5,7-10H2,1-2H3/t15-/m1/s1. The van der Waals surface area contributed by atoms with E-state index in [0.717, 1.165) is 26.2 Å². The summed E-state index contributed by atoms with van der Waals surface area (Å²) in [6.07, 6.45) is 0.572. The van der Waals surface area contributed by atoms with Gasteiger partial charge in [-0.05, 0) is 30.5 Å². The smallest absolute Gasteiger partial charge is 0.0641 e. The van der Waals surface area contributed by atoms with E-state index in [2.05, 4.69) is 48.3 Å². The first-order valence-electron chi connectivity index (χ1n) is 6.61. The molecule has 0 spiro atoms. The van der Waals surface area contributed by atoms with Crippen molar-refractivity contribution in [2.45, 2.75) is 26.3 Å². The maximum absolute atomic E-state index is 9.06. The second kappa shape index (κ2) is 5.99. The molecule has 1 aromatic carbocycles. The molecule has 1 heterocycles. The number of benzene rings is 1. The van der Waals surface area contributed by atoms with Gasteiger partial charge in [-0.1, -0.05) is 18.2 Å². The lowest BCUT2D eigenvalue weighted by Gasteiger charge is -2.34. The molecule has 2 rings (SSSR count). The molecular formula is C15H21N3. The Bertz CT molecular complexity index is 442. The molecule has 0 bridgehead atoms. The quantitative estimate of drug-likeness (QED) is 0.884. The molecule has 1 fully saturated rings. The summed E-state index contributed by atoms with van der Waals surface area (Å²) in [6.45, 7) is 8.36. The fraction of sp³-hybridized carbons (Fsp3) is 0.533. The largest absolute Gasteiger partial charge is 0.314 e. The Balaban J connectivity index is 2.22. The summed E-state index contributed by atoms with van der Waals surface area (Å²) in [5.41, 5.74) is 3.90. The maximum Gasteiger partial charge on any atom is 0.0641 e. The van der Waals surface area contributed by atoms with E-state index in [1.807, 2.05) is 0 Å². The van der Waals surface area contributed by atoms with Crippen LogP contribution in [-0.2, 0) is 0 Å². The number of nitrogens with one attached hydrogen (secondary N) is 1. The molecule has 1 atom stereocenters. The molecule has 1 saturated heterocycles. The number of aryl methyl sites for hydroxylation is 2. The van der Waals surface area contributed by atoms with Gasteiger partial charge in [0.15, 0.2) is 0 Å². The highest BCUT2D eigenvalue weighted by Crippen LogP contribution is 2.26. The van der Waals surface area contributed by atoms with Crippen LogP contribution in [0.15, 0.2) is 18.2 Å². The van der Waals surface area contributed by atoms with Gasteiger partial charge in [-0.3, -0.25) is 4.90 Å². The molecule has 18 heavy (non-hydrogen) atoms. The van der Waals surface area contributed by atoms with Crippen LogP contribution in [0.5, 0.6) is 0 Å². The van der Waals surface area contributed by atoms with E-state index in [1.54, 1.807) is 0 Å². The lowest BCUT2D eigenvalue weighted by atomic mass is 9.97. The number of rotatable bonds is 3. The highest BCUT2D eigenvalue weighted by molar-refractivity contribution is 5.32. The van der Waals surface area contributed by atoms with Crippen LogP contribution < -0.4 is 5.32 Å². The van der Waals surface area contributed by atoms with Gasteiger partial charge < -0.3 is 5.32 Å². The Morgan fingerprint density at radius 1 is 1.28 bits per heavy atom. The van der Waals surface area contributed by atoms with Crippen molar-refractivity contribution < 1.29 is 0 Å². The van der Waals surface area contributed by atoms with E-state index in [1.165, 1.54) is 16.7 Å². The first kappa shape index (κ1) is 13.1. The summed E-state index contributed by atoms with van der Waals surface area (Å²) in [7, 11) is 0. The van der Waals surface area contributed by atoms with Gasteiger partial charge >= 0.3 is 0 Å². The van der Waals surface area contributed by atoms with Gasteiger partial charge in [0.2, 0.25) is 0 Å². The Kier molecular flexibility index (Phi) is 4.35. The molecule has 1 aromatic rings. The monoisotopic (exact) mass is 243 g/mol. The predicted octanol–water partition coefficient (Wildman–Crippen LogP) is 2.16. The Labute approximate surface area is 109 Å². The van der Waals surface area contributed by atoms with E-state index in [9.17, 15) is 0 Å². The van der Waals surface area contributed by atoms with Crippen molar-refractivity contribution in [2.75, 3.05) is 26.2 Å². The zero-order valence-corrected chi connectivity index (χ0v) is 11.2. The normalized spacial score (nSPS) is 18.3. The van der Waals surface area contributed by atoms with Crippen LogP contribution in [0.25, 0.3) is 0 Å². The predicted molar refractivity (Wildman–Crippen MR) is 73.3 cm³/mol. The van der Waals surface area contributed by atoms with Crippen molar-refractivity contribution in [3.8, 4) is 6.07 Å². The molecule has 1 aliphatic heterocycles. The van der Waals surface area contributed by atoms with Gasteiger partial charge in [0, 0.05) is 32.2 Å². The molecule has 0 aliphatic carbocycles. The van der Waals surface area contributed by atoms with E-state index in [0.29, 0.717) is 6.42 Å². The molecular weight excluding hydrogens is 222 g/mol. The average molecular weight is 243 g/mol. The summed E-state index contributed by atoms with van der Waals surface area (Å²) < 4.78 is 0. The minimum Gasteiger partial charge on any atom is -0.314 e. The van der Waals surface area contributed by atoms with Crippen LogP contribution in [-0.4, -0.2) is 31.1 Å². The number of nitrogens with zero attached hydrogens (tertiary/aromatic N) is 2. The number of nitriles is 1. The number of hydrogen-bond donors (Lipinski definition) is 1. The molecule has 3 nitrogen and oxygen atoms in total. The first-order chi connectivity index (χ1) is 8.72. The van der Waals surface area contributed by atoms with E-state index in [4.69, 9.17) is 5.26 Å². The highest BCUT2D eigenvalue weighted by Gasteiger charge is 2.22. The summed E-state index contributed by atoms with van der Waals surface area (Å²) >= 11 is 0. The lowest BCUT2D eigenvalue weighted by molar-refractivity contribution is 0.175. The van der Waals surface area contributed by atoms with Crippen LogP contribution >= 0.6 is 0 Å². The number of piperazine rings is 1. The first-order valence-corrected chi connectivity index (χ1v) is 6.61. The molecule has 0 amide bonds. The van der Waals surface area contributed by atoms with Gasteiger partial charge in [-0.15, -0.1) is 0 Å². The minimum absolute atomic E-state index is 0.247. The summed E-state index contributed by atoms with van der Waals surface area (Å²) in [6, 6.07) is 9.15. The van der Waals surface area contributed by atoms with Crippen molar-refractivity contribution >= 4 is 0 Å². The third-order valence-corrected chi connectivity index (χ3v) is 3.79. The third-order valence-electron chi connectivity index (χ3n) is 3.79. The lowest BCUT2D eigenvalue weighted by Crippen LogP contribution is -2.45. The zero-order valence-electron chi connectivity index (χ0n) is 11.2. The van der Waals surface area contributed by atoms with E-state index < -0.39 is 0 Å². The Morgan fingerprint density at radius 2 is 2.00 bits per heavy atom. The van der Waals surface area contributed by atoms with Crippen molar-refractivity contribution in [2.24, 2.45) is 0 Å². The Hall–Kier alpha value is -1.37. The SMILES string of the molecule is Cc1ccc([C@@H](CC#N)N2CCNCC2)cc1C. The molecule has 0 unspecified atom stereocenters. The molecule has 1 aliphatic rings. The average Bonchev–Trinajstić information content (AvgIpc) is 2.40. The van der Waals surface area contributed by atoms with Gasteiger partial charge in [0.1, 0.15) is 0 Å². The molecule has 0 aromatic heterocycles. The molecule has 0 radical (unpaired) electrons. The topological polar surface area (TPSA) is 39.1 Å². The maximum atomic E-state index is 9.06. The van der Waals surface area contributed by atoms with Crippen molar-refractivity contribution in [1.29, 1.82) is 5.26 Å². The molecule has 0 saturated carbocycles. The van der Waals surface area contributed by atoms with Gasteiger partial charge in [-0.25, -0.2) is 0 Å². The fourth-order valence-corrected chi connectivity index (χ4v) is 2.51. The van der Waals surface area contributed by atoms with E-state index in [-0.39, 0.29) is 6.04 Å². The van der Waals surface area contributed by atoms with Crippen molar-refractivity contribution in [3.63, 3.8) is 0 Å². The third kappa shape index (κ3) is 2.90. The highest BCUT2D eigenvalue weighted by atomic mass is 15.2. The van der Waals surface area contributed by atoms with Gasteiger partial charge in [0.25, 0.3) is 0 Å². The number of hydrogen-bond acceptors (Lipinski definition) is 3. The Morgan fingerprint density at radius 3 is 2.61 bits per heavy atom. The van der Waals surface area contributed by atoms with Crippen molar-refractivity contribution in [3.05, 3.63) is 34.9 Å².